The van der Waals surface area contributed by atoms with Crippen LogP contribution in [0.4, 0.5) is 0 Å². The van der Waals surface area contributed by atoms with Crippen molar-refractivity contribution in [3.63, 3.8) is 0 Å². The molecule has 0 aliphatic rings. The molecule has 0 bridgehead atoms. The molecule has 1 rings (SSSR count). The third kappa shape index (κ3) is 3.96. The second-order valence-corrected chi connectivity index (χ2v) is 4.39. The monoisotopic (exact) mass is 207 g/mol. The summed E-state index contributed by atoms with van der Waals surface area (Å²) in [5.74, 6) is 0.743. The van der Waals surface area contributed by atoms with Crippen molar-refractivity contribution in [3.05, 3.63) is 23.8 Å². The second-order valence-electron chi connectivity index (χ2n) is 4.39. The van der Waals surface area contributed by atoms with Gasteiger partial charge >= 0.3 is 0 Å². The lowest BCUT2D eigenvalue weighted by Crippen LogP contribution is -2.22. The maximum Gasteiger partial charge on any atom is 0.0782 e. The van der Waals surface area contributed by atoms with Crippen LogP contribution in [0.3, 0.4) is 0 Å². The fraction of sp³-hybridized carbons (Fsp3) is 0.667. The zero-order valence-electron chi connectivity index (χ0n) is 10.1. The molecule has 0 aliphatic carbocycles. The molecular weight excluding hydrogens is 186 g/mol. The van der Waals surface area contributed by atoms with E-state index < -0.39 is 0 Å². The summed E-state index contributed by atoms with van der Waals surface area (Å²) in [5.41, 5.74) is 2.07. The minimum atomic E-state index is 0.289. The van der Waals surface area contributed by atoms with Crippen LogP contribution in [-0.4, -0.2) is 16.5 Å². The number of nitrogens with zero attached hydrogens (tertiary/aromatic N) is 2. The summed E-state index contributed by atoms with van der Waals surface area (Å²) in [5, 5.41) is 3.47. The van der Waals surface area contributed by atoms with Crippen molar-refractivity contribution in [1.29, 1.82) is 0 Å². The third-order valence-electron chi connectivity index (χ3n) is 2.50. The predicted octanol–water partition coefficient (Wildman–Crippen LogP) is 2.48. The zero-order chi connectivity index (χ0) is 11.3. The Morgan fingerprint density at radius 2 is 1.87 bits per heavy atom. The van der Waals surface area contributed by atoms with Gasteiger partial charge in [0.25, 0.3) is 0 Å². The Labute approximate surface area is 92.3 Å². The summed E-state index contributed by atoms with van der Waals surface area (Å²) in [7, 11) is 0. The van der Waals surface area contributed by atoms with E-state index in [1.165, 1.54) is 6.42 Å². The van der Waals surface area contributed by atoms with Crippen LogP contribution in [0.1, 0.15) is 44.6 Å². The molecule has 0 saturated carbocycles. The highest BCUT2D eigenvalue weighted by Gasteiger charge is 2.09. The van der Waals surface area contributed by atoms with Gasteiger partial charge in [-0.1, -0.05) is 13.8 Å². The summed E-state index contributed by atoms with van der Waals surface area (Å²) in [6.45, 7) is 9.65. The van der Waals surface area contributed by atoms with Gasteiger partial charge in [0, 0.05) is 18.4 Å². The molecule has 1 N–H and O–H groups in total. The van der Waals surface area contributed by atoms with Crippen LogP contribution in [-0.2, 0) is 0 Å². The quantitative estimate of drug-likeness (QED) is 0.806. The van der Waals surface area contributed by atoms with Gasteiger partial charge < -0.3 is 5.32 Å². The van der Waals surface area contributed by atoms with Gasteiger partial charge in [0.2, 0.25) is 0 Å². The molecule has 1 unspecified atom stereocenters. The van der Waals surface area contributed by atoms with E-state index >= 15 is 0 Å². The van der Waals surface area contributed by atoms with E-state index in [1.807, 2.05) is 6.92 Å². The number of nitrogens with one attached hydrogen (secondary N) is 1. The van der Waals surface area contributed by atoms with E-state index in [0.717, 1.165) is 23.9 Å². The standard InChI is InChI=1S/C12H21N3/c1-9(2)5-6-13-10(3)12-11(4)14-7-8-15-12/h7-10,13H,5-6H2,1-4H3. The average Bonchev–Trinajstić information content (AvgIpc) is 2.17. The third-order valence-corrected chi connectivity index (χ3v) is 2.50. The van der Waals surface area contributed by atoms with Crippen molar-refractivity contribution < 1.29 is 0 Å². The highest BCUT2D eigenvalue weighted by atomic mass is 14.9. The van der Waals surface area contributed by atoms with Gasteiger partial charge in [-0.25, -0.2) is 0 Å². The fourth-order valence-electron chi connectivity index (χ4n) is 1.53. The molecule has 0 saturated heterocycles. The lowest BCUT2D eigenvalue weighted by molar-refractivity contribution is 0.489. The molecular formula is C12H21N3. The van der Waals surface area contributed by atoms with Gasteiger partial charge in [-0.2, -0.15) is 0 Å². The van der Waals surface area contributed by atoms with Gasteiger partial charge in [0.15, 0.2) is 0 Å². The van der Waals surface area contributed by atoms with E-state index in [2.05, 4.69) is 36.1 Å². The van der Waals surface area contributed by atoms with Crippen molar-refractivity contribution in [2.24, 2.45) is 5.92 Å². The molecule has 1 aromatic heterocycles. The van der Waals surface area contributed by atoms with E-state index in [9.17, 15) is 0 Å². The molecule has 1 heterocycles. The highest BCUT2D eigenvalue weighted by Crippen LogP contribution is 2.11. The molecule has 3 nitrogen and oxygen atoms in total. The lowest BCUT2D eigenvalue weighted by atomic mass is 10.1. The molecule has 1 atom stereocenters. The van der Waals surface area contributed by atoms with Gasteiger partial charge in [-0.3, -0.25) is 9.97 Å². The Morgan fingerprint density at radius 3 is 2.47 bits per heavy atom. The minimum absolute atomic E-state index is 0.289. The van der Waals surface area contributed by atoms with Crippen LogP contribution in [0.15, 0.2) is 12.4 Å². The molecule has 0 aromatic carbocycles. The van der Waals surface area contributed by atoms with E-state index in [1.54, 1.807) is 12.4 Å². The molecule has 0 aliphatic heterocycles. The van der Waals surface area contributed by atoms with Gasteiger partial charge in [-0.05, 0) is 32.7 Å². The number of rotatable bonds is 5. The Hall–Kier alpha value is -0.960. The second kappa shape index (κ2) is 5.81. The largest absolute Gasteiger partial charge is 0.309 e. The Kier molecular flexibility index (Phi) is 4.69. The van der Waals surface area contributed by atoms with E-state index in [4.69, 9.17) is 0 Å². The Bertz CT molecular complexity index is 297. The first-order valence-corrected chi connectivity index (χ1v) is 5.62. The number of aryl methyl sites for hydroxylation is 1. The Balaban J connectivity index is 2.47. The van der Waals surface area contributed by atoms with Crippen molar-refractivity contribution in [2.75, 3.05) is 6.54 Å². The highest BCUT2D eigenvalue weighted by molar-refractivity contribution is 5.12. The molecule has 84 valence electrons. The predicted molar refractivity (Wildman–Crippen MR) is 62.6 cm³/mol. The number of aromatic nitrogens is 2. The van der Waals surface area contributed by atoms with Gasteiger partial charge in [-0.15, -0.1) is 0 Å². The number of hydrogen-bond acceptors (Lipinski definition) is 3. The molecule has 15 heavy (non-hydrogen) atoms. The van der Waals surface area contributed by atoms with Gasteiger partial charge in [0.1, 0.15) is 0 Å². The van der Waals surface area contributed by atoms with Crippen LogP contribution < -0.4 is 5.32 Å². The van der Waals surface area contributed by atoms with Crippen molar-refractivity contribution in [1.82, 2.24) is 15.3 Å². The number of hydrogen-bond donors (Lipinski definition) is 1. The topological polar surface area (TPSA) is 37.8 Å². The molecule has 0 fully saturated rings. The first-order valence-electron chi connectivity index (χ1n) is 5.62. The summed E-state index contributed by atoms with van der Waals surface area (Å²) in [6, 6.07) is 0.289. The molecule has 0 amide bonds. The normalized spacial score (nSPS) is 13.1. The van der Waals surface area contributed by atoms with Crippen molar-refractivity contribution >= 4 is 0 Å². The van der Waals surface area contributed by atoms with Crippen LogP contribution in [0, 0.1) is 12.8 Å². The molecule has 0 spiro atoms. The smallest absolute Gasteiger partial charge is 0.0782 e. The van der Waals surface area contributed by atoms with Crippen LogP contribution >= 0.6 is 0 Å². The average molecular weight is 207 g/mol. The summed E-state index contributed by atoms with van der Waals surface area (Å²) < 4.78 is 0. The minimum Gasteiger partial charge on any atom is -0.309 e. The Morgan fingerprint density at radius 1 is 1.20 bits per heavy atom. The van der Waals surface area contributed by atoms with E-state index in [0.29, 0.717) is 0 Å². The maximum absolute atomic E-state index is 4.35. The first-order chi connectivity index (χ1) is 7.11. The SMILES string of the molecule is Cc1nccnc1C(C)NCCC(C)C. The van der Waals surface area contributed by atoms with Crippen LogP contribution in [0.5, 0.6) is 0 Å². The summed E-state index contributed by atoms with van der Waals surface area (Å²) in [6.07, 6.45) is 4.69. The van der Waals surface area contributed by atoms with Crippen LogP contribution in [0.25, 0.3) is 0 Å². The van der Waals surface area contributed by atoms with Crippen molar-refractivity contribution in [3.8, 4) is 0 Å². The summed E-state index contributed by atoms with van der Waals surface area (Å²) >= 11 is 0. The molecule has 0 radical (unpaired) electrons. The lowest BCUT2D eigenvalue weighted by Gasteiger charge is -2.15. The zero-order valence-corrected chi connectivity index (χ0v) is 10.1. The van der Waals surface area contributed by atoms with Crippen LogP contribution in [0.2, 0.25) is 0 Å². The maximum atomic E-state index is 4.35. The molecule has 1 aromatic rings. The van der Waals surface area contributed by atoms with Gasteiger partial charge in [0.05, 0.1) is 11.4 Å². The van der Waals surface area contributed by atoms with Crippen molar-refractivity contribution in [2.45, 2.75) is 40.2 Å². The summed E-state index contributed by atoms with van der Waals surface area (Å²) in [4.78, 5) is 8.59. The molecule has 3 heteroatoms. The fourth-order valence-corrected chi connectivity index (χ4v) is 1.53. The van der Waals surface area contributed by atoms with E-state index in [-0.39, 0.29) is 6.04 Å². The first kappa shape index (κ1) is 12.1.